The van der Waals surface area contributed by atoms with E-state index >= 15 is 0 Å². The molecule has 0 saturated heterocycles. The Morgan fingerprint density at radius 2 is 1.67 bits per heavy atom. The van der Waals surface area contributed by atoms with E-state index < -0.39 is 11.8 Å². The van der Waals surface area contributed by atoms with Crippen molar-refractivity contribution < 1.29 is 9.59 Å². The molecule has 3 aromatic rings. The van der Waals surface area contributed by atoms with Crippen LogP contribution in [0.2, 0.25) is 0 Å². The third-order valence-corrected chi connectivity index (χ3v) is 3.48. The summed E-state index contributed by atoms with van der Waals surface area (Å²) < 4.78 is 0. The number of carbonyl (C=O) groups is 2. The summed E-state index contributed by atoms with van der Waals surface area (Å²) in [6.07, 6.45) is 0. The summed E-state index contributed by atoms with van der Waals surface area (Å²) in [6.45, 7) is 1.87. The normalized spacial score (nSPS) is 10.4. The molecule has 3 rings (SSSR count). The molecule has 0 aliphatic heterocycles. The Balaban J connectivity index is 1.80. The smallest absolute Gasteiger partial charge is 0.267 e. The van der Waals surface area contributed by atoms with E-state index in [9.17, 15) is 14.4 Å². The lowest BCUT2D eigenvalue weighted by atomic mass is 10.1. The Hall–Kier alpha value is -3.48. The molecule has 0 saturated carbocycles. The van der Waals surface area contributed by atoms with Crippen LogP contribution in [0.4, 0.5) is 0 Å². The molecule has 0 atom stereocenters. The predicted molar refractivity (Wildman–Crippen MR) is 88.5 cm³/mol. The number of hydrogen-bond donors (Lipinski definition) is 3. The highest BCUT2D eigenvalue weighted by Gasteiger charge is 2.15. The van der Waals surface area contributed by atoms with Crippen LogP contribution in [0, 0.1) is 6.92 Å². The van der Waals surface area contributed by atoms with Crippen LogP contribution < -0.4 is 16.4 Å². The average molecular weight is 322 g/mol. The average Bonchev–Trinajstić information content (AvgIpc) is 2.60. The Bertz CT molecular complexity index is 994. The van der Waals surface area contributed by atoms with Gasteiger partial charge >= 0.3 is 0 Å². The largest absolute Gasteiger partial charge is 0.290 e. The fourth-order valence-electron chi connectivity index (χ4n) is 2.32. The second kappa shape index (κ2) is 6.33. The zero-order valence-electron chi connectivity index (χ0n) is 12.8. The van der Waals surface area contributed by atoms with Crippen molar-refractivity contribution in [3.05, 3.63) is 75.7 Å². The number of hydrazine groups is 1. The van der Waals surface area contributed by atoms with Crippen LogP contribution in [0.25, 0.3) is 10.8 Å². The molecular weight excluding hydrogens is 308 g/mol. The first-order chi connectivity index (χ1) is 11.6. The van der Waals surface area contributed by atoms with Gasteiger partial charge in [-0.2, -0.15) is 5.10 Å². The molecule has 0 radical (unpaired) electrons. The number of benzene rings is 2. The second-order valence-corrected chi connectivity index (χ2v) is 5.22. The van der Waals surface area contributed by atoms with E-state index in [4.69, 9.17) is 0 Å². The monoisotopic (exact) mass is 322 g/mol. The molecule has 0 aliphatic carbocycles. The summed E-state index contributed by atoms with van der Waals surface area (Å²) in [5, 5.41) is 6.80. The number of fused-ring (bicyclic) bond motifs is 1. The van der Waals surface area contributed by atoms with E-state index in [-0.39, 0.29) is 11.3 Å². The molecule has 24 heavy (non-hydrogen) atoms. The SMILES string of the molecule is Cc1cccc(C(=O)NNC(=O)c2n[nH]c(=O)c3ccccc23)c1. The van der Waals surface area contributed by atoms with Gasteiger partial charge in [0.05, 0.1) is 5.39 Å². The molecule has 0 fully saturated rings. The van der Waals surface area contributed by atoms with Crippen LogP contribution >= 0.6 is 0 Å². The molecular formula is C17H14N4O3. The Morgan fingerprint density at radius 3 is 2.42 bits per heavy atom. The first-order valence-corrected chi connectivity index (χ1v) is 7.21. The Kier molecular flexibility index (Phi) is 4.07. The summed E-state index contributed by atoms with van der Waals surface area (Å²) in [7, 11) is 0. The first-order valence-electron chi connectivity index (χ1n) is 7.21. The number of H-pyrrole nitrogens is 1. The number of aromatic amines is 1. The molecule has 2 amide bonds. The van der Waals surface area contributed by atoms with Gasteiger partial charge in [-0.25, -0.2) is 5.10 Å². The Morgan fingerprint density at radius 1 is 0.958 bits per heavy atom. The van der Waals surface area contributed by atoms with Gasteiger partial charge in [-0.05, 0) is 25.1 Å². The van der Waals surface area contributed by atoms with Crippen molar-refractivity contribution in [2.75, 3.05) is 0 Å². The number of rotatable bonds is 2. The van der Waals surface area contributed by atoms with Crippen LogP contribution in [-0.4, -0.2) is 22.0 Å². The van der Waals surface area contributed by atoms with E-state index in [2.05, 4.69) is 21.0 Å². The lowest BCUT2D eigenvalue weighted by Gasteiger charge is -2.08. The van der Waals surface area contributed by atoms with Crippen LogP contribution in [0.15, 0.2) is 53.3 Å². The standard InChI is InChI=1S/C17H14N4O3/c1-10-5-4-6-11(9-10)15(22)19-21-17(24)14-12-7-2-3-8-13(12)16(23)20-18-14/h2-9H,1H3,(H,19,22)(H,20,23)(H,21,24). The fraction of sp³-hybridized carbons (Fsp3) is 0.0588. The lowest BCUT2D eigenvalue weighted by molar-refractivity contribution is 0.0844. The third-order valence-electron chi connectivity index (χ3n) is 3.48. The number of amides is 2. The van der Waals surface area contributed by atoms with E-state index in [1.54, 1.807) is 42.5 Å². The van der Waals surface area contributed by atoms with Crippen LogP contribution in [0.5, 0.6) is 0 Å². The number of aromatic nitrogens is 2. The summed E-state index contributed by atoms with van der Waals surface area (Å²) in [5.74, 6) is -1.07. The highest BCUT2D eigenvalue weighted by atomic mass is 16.2. The van der Waals surface area contributed by atoms with Crippen molar-refractivity contribution in [3.63, 3.8) is 0 Å². The van der Waals surface area contributed by atoms with Crippen molar-refractivity contribution in [2.24, 2.45) is 0 Å². The molecule has 7 nitrogen and oxygen atoms in total. The molecule has 3 N–H and O–H groups in total. The minimum absolute atomic E-state index is 0.0229. The summed E-state index contributed by atoms with van der Waals surface area (Å²) >= 11 is 0. The lowest BCUT2D eigenvalue weighted by Crippen LogP contribution is -2.42. The van der Waals surface area contributed by atoms with E-state index in [0.29, 0.717) is 16.3 Å². The van der Waals surface area contributed by atoms with E-state index in [1.165, 1.54) is 0 Å². The number of nitrogens with one attached hydrogen (secondary N) is 3. The van der Waals surface area contributed by atoms with E-state index in [0.717, 1.165) is 5.56 Å². The molecule has 0 aliphatic rings. The third kappa shape index (κ3) is 3.00. The molecule has 0 unspecified atom stereocenters. The second-order valence-electron chi connectivity index (χ2n) is 5.22. The maximum Gasteiger partial charge on any atom is 0.290 e. The topological polar surface area (TPSA) is 104 Å². The molecule has 7 heteroatoms. The highest BCUT2D eigenvalue weighted by molar-refractivity contribution is 6.05. The van der Waals surface area contributed by atoms with Gasteiger partial charge in [0.2, 0.25) is 0 Å². The Labute approximate surface area is 136 Å². The van der Waals surface area contributed by atoms with Gasteiger partial charge in [0.1, 0.15) is 0 Å². The first kappa shape index (κ1) is 15.4. The van der Waals surface area contributed by atoms with Crippen molar-refractivity contribution >= 4 is 22.6 Å². The zero-order valence-corrected chi connectivity index (χ0v) is 12.8. The van der Waals surface area contributed by atoms with Gasteiger partial charge in [0.15, 0.2) is 5.69 Å². The van der Waals surface area contributed by atoms with Crippen molar-refractivity contribution in [2.45, 2.75) is 6.92 Å². The van der Waals surface area contributed by atoms with Gasteiger partial charge in [0.25, 0.3) is 17.4 Å². The molecule has 1 heterocycles. The van der Waals surface area contributed by atoms with Gasteiger partial charge in [-0.15, -0.1) is 0 Å². The van der Waals surface area contributed by atoms with Crippen LogP contribution in [0.3, 0.4) is 0 Å². The zero-order chi connectivity index (χ0) is 17.1. The number of aryl methyl sites for hydroxylation is 1. The fourth-order valence-corrected chi connectivity index (χ4v) is 2.32. The van der Waals surface area contributed by atoms with Gasteiger partial charge in [0, 0.05) is 10.9 Å². The quantitative estimate of drug-likeness (QED) is 0.619. The van der Waals surface area contributed by atoms with Crippen molar-refractivity contribution in [1.82, 2.24) is 21.0 Å². The van der Waals surface area contributed by atoms with Crippen molar-refractivity contribution in [1.29, 1.82) is 0 Å². The molecule has 120 valence electrons. The number of hydrogen-bond acceptors (Lipinski definition) is 4. The predicted octanol–water partition coefficient (Wildman–Crippen LogP) is 1.31. The maximum atomic E-state index is 12.3. The van der Waals surface area contributed by atoms with Crippen LogP contribution in [0.1, 0.15) is 26.4 Å². The van der Waals surface area contributed by atoms with Crippen molar-refractivity contribution in [3.8, 4) is 0 Å². The van der Waals surface area contributed by atoms with Gasteiger partial charge in [-0.1, -0.05) is 35.9 Å². The summed E-state index contributed by atoms with van der Waals surface area (Å²) in [5.41, 5.74) is 5.64. The summed E-state index contributed by atoms with van der Waals surface area (Å²) in [4.78, 5) is 36.0. The molecule has 2 aromatic carbocycles. The van der Waals surface area contributed by atoms with E-state index in [1.807, 2.05) is 13.0 Å². The molecule has 1 aromatic heterocycles. The maximum absolute atomic E-state index is 12.3. The summed E-state index contributed by atoms with van der Waals surface area (Å²) in [6, 6.07) is 13.6. The minimum atomic E-state index is -0.622. The minimum Gasteiger partial charge on any atom is -0.267 e. The molecule has 0 spiro atoms. The highest BCUT2D eigenvalue weighted by Crippen LogP contribution is 2.11. The van der Waals surface area contributed by atoms with Gasteiger partial charge < -0.3 is 0 Å². The number of carbonyl (C=O) groups excluding carboxylic acids is 2. The van der Waals surface area contributed by atoms with Crippen LogP contribution in [-0.2, 0) is 0 Å². The molecule has 0 bridgehead atoms. The number of nitrogens with zero attached hydrogens (tertiary/aromatic N) is 1. The van der Waals surface area contributed by atoms with Gasteiger partial charge in [-0.3, -0.25) is 25.2 Å².